The van der Waals surface area contributed by atoms with Gasteiger partial charge in [0.15, 0.2) is 11.5 Å². The fraction of sp³-hybridized carbons (Fsp3) is 0.571. The third-order valence-corrected chi connectivity index (χ3v) is 3.93. The van der Waals surface area contributed by atoms with Gasteiger partial charge in [0.05, 0.1) is 14.2 Å². The number of ether oxygens (including phenoxy) is 2. The number of rotatable bonds is 5. The van der Waals surface area contributed by atoms with Crippen molar-refractivity contribution in [1.82, 2.24) is 0 Å². The molecular formula is C14H20FNO2. The molecule has 0 aromatic heterocycles. The molecule has 0 heterocycles. The second-order valence-electron chi connectivity index (χ2n) is 4.95. The van der Waals surface area contributed by atoms with Crippen molar-refractivity contribution in [2.75, 3.05) is 14.2 Å². The van der Waals surface area contributed by atoms with Gasteiger partial charge in [0, 0.05) is 17.0 Å². The molecular weight excluding hydrogens is 233 g/mol. The van der Waals surface area contributed by atoms with Crippen LogP contribution in [-0.2, 0) is 12.1 Å². The highest BCUT2D eigenvalue weighted by molar-refractivity contribution is 5.52. The van der Waals surface area contributed by atoms with Crippen LogP contribution in [0.15, 0.2) is 12.1 Å². The molecule has 1 atom stereocenters. The van der Waals surface area contributed by atoms with Crippen LogP contribution in [0, 0.1) is 0 Å². The fourth-order valence-corrected chi connectivity index (χ4v) is 2.57. The third-order valence-electron chi connectivity index (χ3n) is 3.93. The summed E-state index contributed by atoms with van der Waals surface area (Å²) in [5.41, 5.74) is 7.63. The van der Waals surface area contributed by atoms with Crippen LogP contribution in [-0.4, -0.2) is 20.3 Å². The standard InChI is InChI=1S/C14H20FNO2/c1-9(16)14(4-5-14)11-6-10(8-15)13(18-3)12(7-11)17-2/h6-7,9H,4-5,8,16H2,1-3H3. The summed E-state index contributed by atoms with van der Waals surface area (Å²) in [6.07, 6.45) is 2.09. The molecule has 1 fully saturated rings. The molecule has 18 heavy (non-hydrogen) atoms. The molecule has 1 unspecified atom stereocenters. The Bertz CT molecular complexity index is 416. The van der Waals surface area contributed by atoms with Gasteiger partial charge in [0.2, 0.25) is 0 Å². The zero-order valence-corrected chi connectivity index (χ0v) is 11.1. The topological polar surface area (TPSA) is 44.5 Å². The average Bonchev–Trinajstić information content (AvgIpc) is 3.18. The van der Waals surface area contributed by atoms with Gasteiger partial charge in [0.25, 0.3) is 0 Å². The molecule has 4 heteroatoms. The van der Waals surface area contributed by atoms with Crippen molar-refractivity contribution in [2.45, 2.75) is 37.9 Å². The summed E-state index contributed by atoms with van der Waals surface area (Å²) in [6.45, 7) is 1.43. The van der Waals surface area contributed by atoms with Gasteiger partial charge in [-0.25, -0.2) is 4.39 Å². The molecule has 0 aliphatic heterocycles. The maximum Gasteiger partial charge on any atom is 0.166 e. The first-order chi connectivity index (χ1) is 8.58. The summed E-state index contributed by atoms with van der Waals surface area (Å²) < 4.78 is 23.6. The molecule has 0 bridgehead atoms. The molecule has 2 rings (SSSR count). The van der Waals surface area contributed by atoms with Crippen molar-refractivity contribution < 1.29 is 13.9 Å². The first-order valence-electron chi connectivity index (χ1n) is 6.16. The Kier molecular flexibility index (Phi) is 3.48. The lowest BCUT2D eigenvalue weighted by atomic mass is 9.88. The van der Waals surface area contributed by atoms with Crippen molar-refractivity contribution in [1.29, 1.82) is 0 Å². The lowest BCUT2D eigenvalue weighted by Gasteiger charge is -2.22. The molecule has 0 radical (unpaired) electrons. The zero-order valence-electron chi connectivity index (χ0n) is 11.1. The van der Waals surface area contributed by atoms with E-state index in [-0.39, 0.29) is 11.5 Å². The lowest BCUT2D eigenvalue weighted by Crippen LogP contribution is -2.31. The summed E-state index contributed by atoms with van der Waals surface area (Å²) in [4.78, 5) is 0. The second-order valence-corrected chi connectivity index (χ2v) is 4.95. The van der Waals surface area contributed by atoms with Gasteiger partial charge in [-0.2, -0.15) is 0 Å². The smallest absolute Gasteiger partial charge is 0.166 e. The van der Waals surface area contributed by atoms with Crippen LogP contribution >= 0.6 is 0 Å². The van der Waals surface area contributed by atoms with Crippen LogP contribution in [0.2, 0.25) is 0 Å². The maximum absolute atomic E-state index is 13.1. The number of halogens is 1. The first kappa shape index (κ1) is 13.1. The maximum atomic E-state index is 13.1. The molecule has 1 aliphatic rings. The monoisotopic (exact) mass is 253 g/mol. The van der Waals surface area contributed by atoms with E-state index in [1.165, 1.54) is 7.11 Å². The van der Waals surface area contributed by atoms with Crippen LogP contribution in [0.3, 0.4) is 0 Å². The quantitative estimate of drug-likeness (QED) is 0.877. The van der Waals surface area contributed by atoms with E-state index in [2.05, 4.69) is 0 Å². The molecule has 0 amide bonds. The minimum Gasteiger partial charge on any atom is -0.493 e. The van der Waals surface area contributed by atoms with Gasteiger partial charge < -0.3 is 15.2 Å². The van der Waals surface area contributed by atoms with E-state index in [1.807, 2.05) is 19.1 Å². The Morgan fingerprint density at radius 2 is 2.00 bits per heavy atom. The summed E-state index contributed by atoms with van der Waals surface area (Å²) in [5, 5.41) is 0. The van der Waals surface area contributed by atoms with Gasteiger partial charge in [-0.3, -0.25) is 0 Å². The molecule has 2 N–H and O–H groups in total. The van der Waals surface area contributed by atoms with Gasteiger partial charge >= 0.3 is 0 Å². The zero-order chi connectivity index (χ0) is 13.3. The predicted molar refractivity (Wildman–Crippen MR) is 68.9 cm³/mol. The Labute approximate surface area is 107 Å². The van der Waals surface area contributed by atoms with Crippen LogP contribution < -0.4 is 15.2 Å². The van der Waals surface area contributed by atoms with Crippen LogP contribution in [0.4, 0.5) is 4.39 Å². The Balaban J connectivity index is 2.51. The molecule has 0 saturated heterocycles. The Morgan fingerprint density at radius 1 is 1.33 bits per heavy atom. The Hall–Kier alpha value is -1.29. The number of benzene rings is 1. The minimum atomic E-state index is -0.567. The third kappa shape index (κ3) is 1.94. The molecule has 1 aromatic rings. The minimum absolute atomic E-state index is 0.0104. The van der Waals surface area contributed by atoms with E-state index in [4.69, 9.17) is 15.2 Å². The van der Waals surface area contributed by atoms with Gasteiger partial charge in [-0.1, -0.05) is 0 Å². The summed E-state index contributed by atoms with van der Waals surface area (Å²) in [6, 6.07) is 3.84. The number of alkyl halides is 1. The average molecular weight is 253 g/mol. The number of hydrogen-bond acceptors (Lipinski definition) is 3. The van der Waals surface area contributed by atoms with Crippen molar-refractivity contribution >= 4 is 0 Å². The van der Waals surface area contributed by atoms with Crippen molar-refractivity contribution in [3.8, 4) is 11.5 Å². The largest absolute Gasteiger partial charge is 0.493 e. The highest BCUT2D eigenvalue weighted by atomic mass is 19.1. The van der Waals surface area contributed by atoms with Crippen molar-refractivity contribution in [3.63, 3.8) is 0 Å². The number of hydrogen-bond donors (Lipinski definition) is 1. The molecule has 3 nitrogen and oxygen atoms in total. The van der Waals surface area contributed by atoms with E-state index in [0.29, 0.717) is 17.1 Å². The lowest BCUT2D eigenvalue weighted by molar-refractivity contribution is 0.343. The number of methoxy groups -OCH3 is 2. The van der Waals surface area contributed by atoms with Crippen LogP contribution in [0.1, 0.15) is 30.9 Å². The van der Waals surface area contributed by atoms with Crippen molar-refractivity contribution in [2.24, 2.45) is 5.73 Å². The van der Waals surface area contributed by atoms with Crippen LogP contribution in [0.25, 0.3) is 0 Å². The Morgan fingerprint density at radius 3 is 2.39 bits per heavy atom. The van der Waals surface area contributed by atoms with E-state index in [1.54, 1.807) is 7.11 Å². The van der Waals surface area contributed by atoms with E-state index in [0.717, 1.165) is 18.4 Å². The fourth-order valence-electron chi connectivity index (χ4n) is 2.57. The molecule has 1 saturated carbocycles. The van der Waals surface area contributed by atoms with E-state index >= 15 is 0 Å². The van der Waals surface area contributed by atoms with Crippen molar-refractivity contribution in [3.05, 3.63) is 23.3 Å². The highest BCUT2D eigenvalue weighted by Crippen LogP contribution is 2.52. The SMILES string of the molecule is COc1cc(C2(C(C)N)CC2)cc(CF)c1OC. The first-order valence-corrected chi connectivity index (χ1v) is 6.16. The van der Waals surface area contributed by atoms with Gasteiger partial charge in [-0.05, 0) is 37.5 Å². The van der Waals surface area contributed by atoms with E-state index < -0.39 is 6.67 Å². The van der Waals surface area contributed by atoms with Gasteiger partial charge in [0.1, 0.15) is 6.67 Å². The summed E-state index contributed by atoms with van der Waals surface area (Å²) in [7, 11) is 3.09. The summed E-state index contributed by atoms with van der Waals surface area (Å²) >= 11 is 0. The normalized spacial score (nSPS) is 18.3. The number of nitrogens with two attached hydrogens (primary N) is 1. The predicted octanol–water partition coefficient (Wildman–Crippen LogP) is 2.55. The molecule has 100 valence electrons. The van der Waals surface area contributed by atoms with E-state index in [9.17, 15) is 4.39 Å². The molecule has 1 aliphatic carbocycles. The highest BCUT2D eigenvalue weighted by Gasteiger charge is 2.48. The van der Waals surface area contributed by atoms with Gasteiger partial charge in [-0.15, -0.1) is 0 Å². The second kappa shape index (κ2) is 4.76. The summed E-state index contributed by atoms with van der Waals surface area (Å²) in [5.74, 6) is 1.05. The molecule has 1 aromatic carbocycles. The van der Waals surface area contributed by atoms with Crippen LogP contribution in [0.5, 0.6) is 11.5 Å². The molecule has 0 spiro atoms.